The summed E-state index contributed by atoms with van der Waals surface area (Å²) in [5, 5.41) is 2.52. The van der Waals surface area contributed by atoms with Gasteiger partial charge in [0.25, 0.3) is 5.91 Å². The summed E-state index contributed by atoms with van der Waals surface area (Å²) in [6.07, 6.45) is -1.08. The van der Waals surface area contributed by atoms with Gasteiger partial charge in [0.2, 0.25) is 0 Å². The molecule has 5 nitrogen and oxygen atoms in total. The van der Waals surface area contributed by atoms with E-state index in [0.717, 1.165) is 0 Å². The molecule has 0 aliphatic heterocycles. The van der Waals surface area contributed by atoms with Crippen molar-refractivity contribution in [2.24, 2.45) is 16.9 Å². The third kappa shape index (κ3) is 3.85. The van der Waals surface area contributed by atoms with E-state index < -0.39 is 18.1 Å². The second-order valence-corrected chi connectivity index (χ2v) is 4.44. The highest BCUT2D eigenvalue weighted by Gasteiger charge is 2.30. The molecule has 0 saturated carbocycles. The first kappa shape index (κ1) is 13.1. The SMILES string of the molecule is CC(=O)[C@@H](NC(=O)C(N)N)C(C)(C)C. The van der Waals surface area contributed by atoms with Crippen LogP contribution in [0.5, 0.6) is 0 Å². The quantitative estimate of drug-likeness (QED) is 0.528. The highest BCUT2D eigenvalue weighted by atomic mass is 16.2. The Bertz CT molecular complexity index is 231. The minimum absolute atomic E-state index is 0.105. The van der Waals surface area contributed by atoms with Crippen LogP contribution >= 0.6 is 0 Å². The Morgan fingerprint density at radius 2 is 1.64 bits per heavy atom. The van der Waals surface area contributed by atoms with Gasteiger partial charge in [0, 0.05) is 0 Å². The average molecular weight is 201 g/mol. The Hall–Kier alpha value is -0.940. The van der Waals surface area contributed by atoms with Crippen molar-refractivity contribution in [1.82, 2.24) is 5.32 Å². The summed E-state index contributed by atoms with van der Waals surface area (Å²) in [4.78, 5) is 22.4. The van der Waals surface area contributed by atoms with Gasteiger partial charge in [-0.25, -0.2) is 0 Å². The van der Waals surface area contributed by atoms with Crippen molar-refractivity contribution >= 4 is 11.7 Å². The molecule has 14 heavy (non-hydrogen) atoms. The van der Waals surface area contributed by atoms with E-state index in [1.54, 1.807) is 0 Å². The smallest absolute Gasteiger partial charge is 0.252 e. The maximum absolute atomic E-state index is 11.3. The van der Waals surface area contributed by atoms with Gasteiger partial charge >= 0.3 is 0 Å². The summed E-state index contributed by atoms with van der Waals surface area (Å²) >= 11 is 0. The summed E-state index contributed by atoms with van der Waals surface area (Å²) in [5.41, 5.74) is 10.0. The molecule has 0 aromatic carbocycles. The monoisotopic (exact) mass is 201 g/mol. The van der Waals surface area contributed by atoms with Crippen LogP contribution in [0.1, 0.15) is 27.7 Å². The molecule has 0 unspecified atom stereocenters. The fourth-order valence-electron chi connectivity index (χ4n) is 1.17. The second-order valence-electron chi connectivity index (χ2n) is 4.44. The van der Waals surface area contributed by atoms with E-state index in [4.69, 9.17) is 11.5 Å². The number of hydrogen-bond donors (Lipinski definition) is 3. The summed E-state index contributed by atoms with van der Waals surface area (Å²) in [6, 6.07) is -0.551. The van der Waals surface area contributed by atoms with Crippen LogP contribution in [0, 0.1) is 5.41 Å². The first-order chi connectivity index (χ1) is 6.16. The van der Waals surface area contributed by atoms with E-state index in [9.17, 15) is 9.59 Å². The van der Waals surface area contributed by atoms with E-state index in [1.807, 2.05) is 20.8 Å². The molecule has 0 aliphatic carbocycles. The van der Waals surface area contributed by atoms with Gasteiger partial charge in [0.15, 0.2) is 5.78 Å². The van der Waals surface area contributed by atoms with Crippen molar-refractivity contribution < 1.29 is 9.59 Å². The summed E-state index contributed by atoms with van der Waals surface area (Å²) < 4.78 is 0. The van der Waals surface area contributed by atoms with E-state index in [2.05, 4.69) is 5.32 Å². The third-order valence-corrected chi connectivity index (χ3v) is 1.86. The van der Waals surface area contributed by atoms with Gasteiger partial charge in [-0.05, 0) is 12.3 Å². The Morgan fingerprint density at radius 1 is 1.21 bits per heavy atom. The third-order valence-electron chi connectivity index (χ3n) is 1.86. The molecule has 0 aromatic heterocycles. The van der Waals surface area contributed by atoms with Crippen LogP contribution in [0.3, 0.4) is 0 Å². The minimum Gasteiger partial charge on any atom is -0.343 e. The Morgan fingerprint density at radius 3 is 1.86 bits per heavy atom. The highest BCUT2D eigenvalue weighted by Crippen LogP contribution is 2.19. The predicted octanol–water partition coefficient (Wildman–Crippen LogP) is -0.650. The van der Waals surface area contributed by atoms with Gasteiger partial charge in [0.05, 0.1) is 6.04 Å². The molecule has 0 aromatic rings. The first-order valence-corrected chi connectivity index (χ1v) is 4.48. The molecule has 1 atom stereocenters. The van der Waals surface area contributed by atoms with Gasteiger partial charge in [-0.15, -0.1) is 0 Å². The number of carbonyl (C=O) groups excluding carboxylic acids is 2. The van der Waals surface area contributed by atoms with Gasteiger partial charge < -0.3 is 16.8 Å². The summed E-state index contributed by atoms with van der Waals surface area (Å²) in [7, 11) is 0. The largest absolute Gasteiger partial charge is 0.343 e. The van der Waals surface area contributed by atoms with Crippen LogP contribution in [0.15, 0.2) is 0 Å². The second kappa shape index (κ2) is 4.52. The van der Waals surface area contributed by atoms with Crippen LogP contribution in [0.4, 0.5) is 0 Å². The molecular formula is C9H19N3O2. The number of nitrogens with two attached hydrogens (primary N) is 2. The molecule has 0 bridgehead atoms. The van der Waals surface area contributed by atoms with Crippen molar-refractivity contribution in [2.45, 2.75) is 39.9 Å². The van der Waals surface area contributed by atoms with Gasteiger partial charge in [-0.1, -0.05) is 20.8 Å². The maximum Gasteiger partial charge on any atom is 0.252 e. The molecule has 0 fully saturated rings. The lowest BCUT2D eigenvalue weighted by Crippen LogP contribution is -2.55. The number of hydrogen-bond acceptors (Lipinski definition) is 4. The molecule has 1 amide bonds. The predicted molar refractivity (Wildman–Crippen MR) is 54.2 cm³/mol. The van der Waals surface area contributed by atoms with Gasteiger partial charge in [0.1, 0.15) is 6.17 Å². The lowest BCUT2D eigenvalue weighted by atomic mass is 9.84. The Labute approximate surface area is 84.2 Å². The topological polar surface area (TPSA) is 98.2 Å². The average Bonchev–Trinajstić information content (AvgIpc) is 1.96. The fourth-order valence-corrected chi connectivity index (χ4v) is 1.17. The van der Waals surface area contributed by atoms with Crippen LogP contribution in [0.25, 0.3) is 0 Å². The Kier molecular flexibility index (Phi) is 4.22. The summed E-state index contributed by atoms with van der Waals surface area (Å²) in [5.74, 6) is -0.619. The molecular weight excluding hydrogens is 182 g/mol. The fraction of sp³-hybridized carbons (Fsp3) is 0.778. The molecule has 5 N–H and O–H groups in total. The normalized spacial score (nSPS) is 13.9. The van der Waals surface area contributed by atoms with E-state index >= 15 is 0 Å². The Balaban J connectivity index is 4.56. The van der Waals surface area contributed by atoms with Crippen molar-refractivity contribution in [3.8, 4) is 0 Å². The zero-order valence-corrected chi connectivity index (χ0v) is 9.13. The number of Topliss-reactive ketones (excluding diaryl/α,β-unsaturated/α-hetero) is 1. The van der Waals surface area contributed by atoms with Crippen molar-refractivity contribution in [3.63, 3.8) is 0 Å². The van der Waals surface area contributed by atoms with Crippen LogP contribution in [0.2, 0.25) is 0 Å². The molecule has 0 heterocycles. The molecule has 0 saturated heterocycles. The molecule has 0 radical (unpaired) electrons. The van der Waals surface area contributed by atoms with Crippen molar-refractivity contribution in [1.29, 1.82) is 0 Å². The highest BCUT2D eigenvalue weighted by molar-refractivity contribution is 5.89. The maximum atomic E-state index is 11.3. The zero-order chi connectivity index (χ0) is 11.5. The number of ketones is 1. The molecule has 5 heteroatoms. The van der Waals surface area contributed by atoms with E-state index in [-0.39, 0.29) is 11.2 Å². The minimum atomic E-state index is -1.08. The first-order valence-electron chi connectivity index (χ1n) is 4.48. The van der Waals surface area contributed by atoms with Crippen LogP contribution in [-0.2, 0) is 9.59 Å². The van der Waals surface area contributed by atoms with Gasteiger partial charge in [-0.3, -0.25) is 9.59 Å². The number of nitrogens with one attached hydrogen (secondary N) is 1. The van der Waals surface area contributed by atoms with Crippen LogP contribution < -0.4 is 16.8 Å². The van der Waals surface area contributed by atoms with Crippen LogP contribution in [-0.4, -0.2) is 23.9 Å². The van der Waals surface area contributed by atoms with E-state index in [1.165, 1.54) is 6.92 Å². The molecule has 82 valence electrons. The lowest BCUT2D eigenvalue weighted by molar-refractivity contribution is -0.129. The van der Waals surface area contributed by atoms with Crippen molar-refractivity contribution in [2.75, 3.05) is 0 Å². The number of carbonyl (C=O) groups is 2. The molecule has 0 aliphatic rings. The van der Waals surface area contributed by atoms with Crippen molar-refractivity contribution in [3.05, 3.63) is 0 Å². The van der Waals surface area contributed by atoms with E-state index in [0.29, 0.717) is 0 Å². The van der Waals surface area contributed by atoms with Gasteiger partial charge in [-0.2, -0.15) is 0 Å². The lowest BCUT2D eigenvalue weighted by Gasteiger charge is -2.29. The molecule has 0 spiro atoms. The summed E-state index contributed by atoms with van der Waals surface area (Å²) in [6.45, 7) is 7.02. The molecule has 0 rings (SSSR count). The number of rotatable bonds is 3. The standard InChI is InChI=1S/C9H19N3O2/c1-5(13)6(9(2,3)4)12-8(14)7(10)11/h6-7H,10-11H2,1-4H3,(H,12,14)/t6-/m1/s1. The number of amides is 1. The zero-order valence-electron chi connectivity index (χ0n) is 9.13.